The van der Waals surface area contributed by atoms with Gasteiger partial charge >= 0.3 is 18.9 Å². The second-order valence-electron chi connectivity index (χ2n) is 0.731. The maximum Gasteiger partial charge on any atom is 0.0442 e. The molecule has 0 unspecified atom stereocenters. The van der Waals surface area contributed by atoms with E-state index in [1.807, 2.05) is 17.5 Å². The standard InChI is InChI=1S/C4H3S.Cu.Li.H/c1-2-4-5-3-1;;;/h1-3H;;;. The summed E-state index contributed by atoms with van der Waals surface area (Å²) in [5.74, 6) is 0. The zero-order chi connectivity index (χ0) is 3.54. The average molecular weight is 155 g/mol. The van der Waals surface area contributed by atoms with Crippen LogP contribution in [0.3, 0.4) is 0 Å². The molecule has 0 aromatic carbocycles. The topological polar surface area (TPSA) is 0 Å². The van der Waals surface area contributed by atoms with Crippen LogP contribution >= 0.6 is 11.3 Å². The Kier molecular flexibility index (Phi) is 10.5. The van der Waals surface area contributed by atoms with Gasteiger partial charge in [-0.15, -0.1) is 11.3 Å². The van der Waals surface area contributed by atoms with Gasteiger partial charge in [0.15, 0.2) is 0 Å². The summed E-state index contributed by atoms with van der Waals surface area (Å²) < 4.78 is 0. The van der Waals surface area contributed by atoms with Crippen LogP contribution < -0.4 is 0 Å². The van der Waals surface area contributed by atoms with Crippen molar-refractivity contribution in [3.63, 3.8) is 0 Å². The maximum absolute atomic E-state index is 2.90. The molecule has 0 saturated heterocycles. The van der Waals surface area contributed by atoms with Gasteiger partial charge in [0.1, 0.15) is 0 Å². The molecule has 0 aliphatic heterocycles. The molecular formula is C4H4CuLiS. The van der Waals surface area contributed by atoms with Crippen molar-refractivity contribution in [2.75, 3.05) is 0 Å². The van der Waals surface area contributed by atoms with E-state index in [0.29, 0.717) is 0 Å². The predicted octanol–water partition coefficient (Wildman–Crippen LogP) is 0.897. The zero-order valence-corrected chi connectivity index (χ0v) is 4.70. The predicted molar refractivity (Wildman–Crippen MR) is 30.3 cm³/mol. The molecule has 2 radical (unpaired) electrons. The van der Waals surface area contributed by atoms with Crippen LogP contribution in [0, 0.1) is 5.38 Å². The van der Waals surface area contributed by atoms with E-state index in [1.165, 1.54) is 0 Å². The fourth-order valence-electron chi connectivity index (χ4n) is 0.196. The third-order valence-corrected chi connectivity index (χ3v) is 0.944. The van der Waals surface area contributed by atoms with E-state index >= 15 is 0 Å². The van der Waals surface area contributed by atoms with Crippen LogP contribution in [0.25, 0.3) is 0 Å². The Labute approximate surface area is 70.0 Å². The molecule has 0 bridgehead atoms. The summed E-state index contributed by atoms with van der Waals surface area (Å²) in [4.78, 5) is 0. The van der Waals surface area contributed by atoms with Gasteiger partial charge in [-0.1, -0.05) is 6.07 Å². The van der Waals surface area contributed by atoms with Crippen molar-refractivity contribution in [3.05, 3.63) is 22.9 Å². The molecule has 0 N–H and O–H groups in total. The molecule has 7 heavy (non-hydrogen) atoms. The molecule has 0 aliphatic rings. The van der Waals surface area contributed by atoms with Crippen LogP contribution in [0.4, 0.5) is 0 Å². The van der Waals surface area contributed by atoms with Crippen molar-refractivity contribution in [3.8, 4) is 0 Å². The van der Waals surface area contributed by atoms with E-state index in [4.69, 9.17) is 0 Å². The number of thiophene rings is 1. The maximum atomic E-state index is 2.90. The molecule has 1 aromatic rings. The van der Waals surface area contributed by atoms with Gasteiger partial charge in [0.2, 0.25) is 0 Å². The van der Waals surface area contributed by atoms with Crippen molar-refractivity contribution >= 4 is 30.2 Å². The largest absolute Gasteiger partial charge is 0.143 e. The van der Waals surface area contributed by atoms with Crippen LogP contribution in [0.15, 0.2) is 17.5 Å². The van der Waals surface area contributed by atoms with Crippen LogP contribution in [0.5, 0.6) is 0 Å². The molecule has 38 valence electrons. The van der Waals surface area contributed by atoms with E-state index in [9.17, 15) is 0 Å². The van der Waals surface area contributed by atoms with Crippen LogP contribution in [-0.4, -0.2) is 18.9 Å². The second-order valence-corrected chi connectivity index (χ2v) is 1.47. The quantitative estimate of drug-likeness (QED) is 0.487. The molecule has 0 spiro atoms. The third-order valence-electron chi connectivity index (χ3n) is 0.379. The molecule has 0 amide bonds. The van der Waals surface area contributed by atoms with E-state index < -0.39 is 0 Å². The molecular weight excluding hydrogens is 151 g/mol. The monoisotopic (exact) mass is 154 g/mol. The normalized spacial score (nSPS) is 5.71. The average Bonchev–Trinajstić information content (AvgIpc) is 1.76. The van der Waals surface area contributed by atoms with Crippen LogP contribution in [0.2, 0.25) is 0 Å². The summed E-state index contributed by atoms with van der Waals surface area (Å²) in [6.45, 7) is 0. The summed E-state index contributed by atoms with van der Waals surface area (Å²) in [5, 5.41) is 4.89. The Balaban J connectivity index is 0. The SMILES string of the molecule is [Cu].[LiH].[c]1cccs1. The number of rotatable bonds is 0. The van der Waals surface area contributed by atoms with Gasteiger partial charge in [0, 0.05) is 22.4 Å². The molecule has 0 nitrogen and oxygen atoms in total. The Morgan fingerprint density at radius 2 is 2.14 bits per heavy atom. The molecule has 3 heteroatoms. The third kappa shape index (κ3) is 4.67. The zero-order valence-electron chi connectivity index (χ0n) is 2.94. The number of hydrogen-bond donors (Lipinski definition) is 0. The number of hydrogen-bond acceptors (Lipinski definition) is 1. The Morgan fingerprint density at radius 1 is 1.43 bits per heavy atom. The van der Waals surface area contributed by atoms with Gasteiger partial charge in [-0.2, -0.15) is 0 Å². The first-order chi connectivity index (χ1) is 2.50. The summed E-state index contributed by atoms with van der Waals surface area (Å²) in [7, 11) is 0. The van der Waals surface area contributed by atoms with E-state index in [2.05, 4.69) is 5.38 Å². The van der Waals surface area contributed by atoms with Gasteiger partial charge in [-0.25, -0.2) is 0 Å². The Bertz CT molecular complexity index is 68.2. The van der Waals surface area contributed by atoms with Gasteiger partial charge in [-0.3, -0.25) is 0 Å². The molecule has 0 atom stereocenters. The van der Waals surface area contributed by atoms with Crippen molar-refractivity contribution < 1.29 is 17.1 Å². The molecule has 1 aromatic heterocycles. The Morgan fingerprint density at radius 3 is 2.29 bits per heavy atom. The summed E-state index contributed by atoms with van der Waals surface area (Å²) in [6, 6.07) is 3.86. The summed E-state index contributed by atoms with van der Waals surface area (Å²) in [5.41, 5.74) is 0. The first-order valence-electron chi connectivity index (χ1n) is 1.40. The minimum absolute atomic E-state index is 0. The van der Waals surface area contributed by atoms with E-state index in [1.54, 1.807) is 11.3 Å². The van der Waals surface area contributed by atoms with Crippen molar-refractivity contribution in [2.24, 2.45) is 0 Å². The first-order valence-corrected chi connectivity index (χ1v) is 2.27. The minimum atomic E-state index is 0. The molecule has 0 saturated carbocycles. The van der Waals surface area contributed by atoms with Crippen molar-refractivity contribution in [2.45, 2.75) is 0 Å². The second kappa shape index (κ2) is 6.82. The fourth-order valence-corrected chi connectivity index (χ4v) is 0.589. The summed E-state index contributed by atoms with van der Waals surface area (Å²) >= 11 is 1.59. The molecule has 1 rings (SSSR count). The summed E-state index contributed by atoms with van der Waals surface area (Å²) in [6.07, 6.45) is 0. The molecule has 0 fully saturated rings. The minimum Gasteiger partial charge on any atom is -0.143 e. The van der Waals surface area contributed by atoms with Gasteiger partial charge < -0.3 is 0 Å². The van der Waals surface area contributed by atoms with Gasteiger partial charge in [0.25, 0.3) is 0 Å². The first kappa shape index (κ1) is 10.7. The fraction of sp³-hybridized carbons (Fsp3) is 0. The van der Waals surface area contributed by atoms with E-state index in [0.717, 1.165) is 0 Å². The van der Waals surface area contributed by atoms with Crippen LogP contribution in [-0.2, 0) is 17.1 Å². The van der Waals surface area contributed by atoms with Gasteiger partial charge in [0.05, 0.1) is 0 Å². The van der Waals surface area contributed by atoms with Crippen molar-refractivity contribution in [1.29, 1.82) is 0 Å². The van der Waals surface area contributed by atoms with Gasteiger partial charge in [-0.05, 0) is 11.4 Å². The van der Waals surface area contributed by atoms with Crippen molar-refractivity contribution in [1.82, 2.24) is 0 Å². The smallest absolute Gasteiger partial charge is 0.0442 e. The Hall–Kier alpha value is 0.817. The van der Waals surface area contributed by atoms with Crippen LogP contribution in [0.1, 0.15) is 0 Å². The molecule has 0 aliphatic carbocycles. The van der Waals surface area contributed by atoms with E-state index in [-0.39, 0.29) is 35.9 Å². The molecule has 1 heterocycles.